The van der Waals surface area contributed by atoms with Crippen LogP contribution in [0.25, 0.3) is 0 Å². The lowest BCUT2D eigenvalue weighted by Crippen LogP contribution is -2.09. The van der Waals surface area contributed by atoms with Crippen LogP contribution in [0, 0.1) is 4.77 Å². The minimum absolute atomic E-state index is 0.0771. The van der Waals surface area contributed by atoms with Crippen LogP contribution in [0.5, 0.6) is 0 Å². The van der Waals surface area contributed by atoms with Crippen LogP contribution in [0.3, 0.4) is 0 Å². The van der Waals surface area contributed by atoms with E-state index < -0.39 is 0 Å². The Hall–Kier alpha value is -1.75. The van der Waals surface area contributed by atoms with Crippen LogP contribution in [0.15, 0.2) is 30.3 Å². The smallest absolute Gasteiger partial charge is 0.195 e. The third-order valence-electron chi connectivity index (χ3n) is 2.43. The van der Waals surface area contributed by atoms with E-state index in [2.05, 4.69) is 10.2 Å². The van der Waals surface area contributed by atoms with Gasteiger partial charge < -0.3 is 0 Å². The number of Topliss-reactive ketones (excluding diaryl/α,β-unsaturated/α-hetero) is 1. The highest BCUT2D eigenvalue weighted by atomic mass is 32.1. The molecular weight excluding hydrogens is 234 g/mol. The monoisotopic (exact) mass is 247 g/mol. The molecule has 4 nitrogen and oxygen atoms in total. The summed E-state index contributed by atoms with van der Waals surface area (Å²) in [7, 11) is 0. The standard InChI is InChI=1S/C12H13N3OS/c1-9(16)7-11-13-14-12(17)15(11)8-10-5-3-2-4-6-10/h2-6H,7-8H2,1H3,(H,14,17). The zero-order valence-electron chi connectivity index (χ0n) is 9.51. The first-order chi connectivity index (χ1) is 8.16. The topological polar surface area (TPSA) is 50.7 Å². The van der Waals surface area contributed by atoms with Gasteiger partial charge in [0.05, 0.1) is 13.0 Å². The van der Waals surface area contributed by atoms with Crippen LogP contribution in [-0.2, 0) is 17.8 Å². The van der Waals surface area contributed by atoms with Crippen molar-refractivity contribution < 1.29 is 4.79 Å². The van der Waals surface area contributed by atoms with E-state index >= 15 is 0 Å². The second kappa shape index (κ2) is 5.05. The summed E-state index contributed by atoms with van der Waals surface area (Å²) in [4.78, 5) is 11.1. The van der Waals surface area contributed by atoms with Gasteiger partial charge in [0.1, 0.15) is 11.6 Å². The maximum absolute atomic E-state index is 11.1. The molecule has 0 aliphatic heterocycles. The van der Waals surface area contributed by atoms with Gasteiger partial charge in [0.2, 0.25) is 0 Å². The molecule has 2 rings (SSSR count). The largest absolute Gasteiger partial charge is 0.300 e. The fraction of sp³-hybridized carbons (Fsp3) is 0.250. The first kappa shape index (κ1) is 11.7. The summed E-state index contributed by atoms with van der Waals surface area (Å²) in [5, 5.41) is 6.80. The summed E-state index contributed by atoms with van der Waals surface area (Å²) >= 11 is 5.16. The molecule has 1 N–H and O–H groups in total. The van der Waals surface area contributed by atoms with Crippen molar-refractivity contribution in [3.8, 4) is 0 Å². The average Bonchev–Trinajstić information content (AvgIpc) is 2.62. The number of nitrogens with zero attached hydrogens (tertiary/aromatic N) is 2. The lowest BCUT2D eigenvalue weighted by Gasteiger charge is -2.05. The lowest BCUT2D eigenvalue weighted by atomic mass is 10.2. The first-order valence-electron chi connectivity index (χ1n) is 5.34. The van der Waals surface area contributed by atoms with Crippen LogP contribution in [0.1, 0.15) is 18.3 Å². The van der Waals surface area contributed by atoms with Crippen molar-refractivity contribution in [1.29, 1.82) is 0 Å². The van der Waals surface area contributed by atoms with E-state index in [4.69, 9.17) is 12.2 Å². The number of benzene rings is 1. The Morgan fingerprint density at radius 3 is 2.76 bits per heavy atom. The number of nitrogens with one attached hydrogen (secondary N) is 1. The Balaban J connectivity index is 2.29. The van der Waals surface area contributed by atoms with Crippen molar-refractivity contribution in [3.63, 3.8) is 0 Å². The third kappa shape index (κ3) is 2.88. The molecular formula is C12H13N3OS. The molecule has 0 bridgehead atoms. The summed E-state index contributed by atoms with van der Waals surface area (Å²) in [6, 6.07) is 9.96. The van der Waals surface area contributed by atoms with E-state index in [9.17, 15) is 4.79 Å². The van der Waals surface area contributed by atoms with Crippen molar-refractivity contribution in [2.75, 3.05) is 0 Å². The molecule has 0 saturated heterocycles. The molecule has 0 spiro atoms. The van der Waals surface area contributed by atoms with Gasteiger partial charge >= 0.3 is 0 Å². The molecule has 0 amide bonds. The molecule has 1 aromatic carbocycles. The van der Waals surface area contributed by atoms with Crippen LogP contribution < -0.4 is 0 Å². The fourth-order valence-electron chi connectivity index (χ4n) is 1.64. The van der Waals surface area contributed by atoms with Gasteiger partial charge in [-0.25, -0.2) is 0 Å². The van der Waals surface area contributed by atoms with Crippen molar-refractivity contribution in [3.05, 3.63) is 46.5 Å². The van der Waals surface area contributed by atoms with E-state index in [0.29, 0.717) is 23.6 Å². The number of rotatable bonds is 4. The SMILES string of the molecule is CC(=O)Cc1n[nH]c(=S)n1Cc1ccccc1. The summed E-state index contributed by atoms with van der Waals surface area (Å²) in [5.41, 5.74) is 1.13. The van der Waals surface area contributed by atoms with Gasteiger partial charge in [-0.05, 0) is 24.7 Å². The third-order valence-corrected chi connectivity index (χ3v) is 2.74. The number of H-pyrrole nitrogens is 1. The molecule has 88 valence electrons. The van der Waals surface area contributed by atoms with E-state index in [1.165, 1.54) is 0 Å². The highest BCUT2D eigenvalue weighted by Gasteiger charge is 2.08. The molecule has 0 radical (unpaired) electrons. The molecule has 5 heteroatoms. The van der Waals surface area contributed by atoms with E-state index in [0.717, 1.165) is 5.56 Å². The molecule has 2 aromatic rings. The summed E-state index contributed by atoms with van der Waals surface area (Å²) in [5.74, 6) is 0.764. The van der Waals surface area contributed by atoms with E-state index in [1.807, 2.05) is 34.9 Å². The van der Waals surface area contributed by atoms with Gasteiger partial charge in [-0.3, -0.25) is 14.5 Å². The molecule has 0 atom stereocenters. The summed E-state index contributed by atoms with van der Waals surface area (Å²) in [6.45, 7) is 2.18. The number of aromatic amines is 1. The van der Waals surface area contributed by atoms with Crippen LogP contribution in [0.4, 0.5) is 0 Å². The zero-order valence-corrected chi connectivity index (χ0v) is 10.3. The number of ketones is 1. The molecule has 0 fully saturated rings. The van der Waals surface area contributed by atoms with Crippen LogP contribution >= 0.6 is 12.2 Å². The Bertz CT molecular complexity index is 571. The second-order valence-electron chi connectivity index (χ2n) is 3.90. The predicted molar refractivity (Wildman–Crippen MR) is 67.3 cm³/mol. The number of hydrogen-bond acceptors (Lipinski definition) is 3. The Labute approximate surface area is 104 Å². The first-order valence-corrected chi connectivity index (χ1v) is 5.75. The number of aromatic nitrogens is 3. The van der Waals surface area contributed by atoms with Crippen molar-refractivity contribution in [1.82, 2.24) is 14.8 Å². The Morgan fingerprint density at radius 1 is 1.41 bits per heavy atom. The quantitative estimate of drug-likeness (QED) is 0.842. The van der Waals surface area contributed by atoms with Gasteiger partial charge in [-0.1, -0.05) is 30.3 Å². The maximum Gasteiger partial charge on any atom is 0.195 e. The average molecular weight is 247 g/mol. The van der Waals surface area contributed by atoms with Crippen LogP contribution in [0.2, 0.25) is 0 Å². The number of carbonyl (C=O) groups excluding carboxylic acids is 1. The van der Waals surface area contributed by atoms with Crippen molar-refractivity contribution in [2.24, 2.45) is 0 Å². The Morgan fingerprint density at radius 2 is 2.12 bits per heavy atom. The van der Waals surface area contributed by atoms with Crippen LogP contribution in [-0.4, -0.2) is 20.5 Å². The van der Waals surface area contributed by atoms with Gasteiger partial charge in [0.15, 0.2) is 4.77 Å². The molecule has 0 aliphatic rings. The summed E-state index contributed by atoms with van der Waals surface area (Å²) < 4.78 is 2.40. The minimum atomic E-state index is 0.0771. The van der Waals surface area contributed by atoms with E-state index in [1.54, 1.807) is 6.92 Å². The highest BCUT2D eigenvalue weighted by Crippen LogP contribution is 2.06. The van der Waals surface area contributed by atoms with Gasteiger partial charge in [0, 0.05) is 0 Å². The molecule has 0 unspecified atom stereocenters. The number of carbonyl (C=O) groups is 1. The second-order valence-corrected chi connectivity index (χ2v) is 4.28. The zero-order chi connectivity index (χ0) is 12.3. The maximum atomic E-state index is 11.1. The highest BCUT2D eigenvalue weighted by molar-refractivity contribution is 7.71. The summed E-state index contributed by atoms with van der Waals surface area (Å²) in [6.07, 6.45) is 0.306. The lowest BCUT2D eigenvalue weighted by molar-refractivity contribution is -0.116. The fourth-order valence-corrected chi connectivity index (χ4v) is 1.85. The molecule has 1 aromatic heterocycles. The van der Waals surface area contributed by atoms with Gasteiger partial charge in [-0.2, -0.15) is 5.10 Å². The molecule has 1 heterocycles. The normalized spacial score (nSPS) is 10.4. The Kier molecular flexibility index (Phi) is 3.49. The van der Waals surface area contributed by atoms with Crippen molar-refractivity contribution in [2.45, 2.75) is 19.9 Å². The van der Waals surface area contributed by atoms with Gasteiger partial charge in [0.25, 0.3) is 0 Å². The number of hydrogen-bond donors (Lipinski definition) is 1. The van der Waals surface area contributed by atoms with Gasteiger partial charge in [-0.15, -0.1) is 0 Å². The van der Waals surface area contributed by atoms with Crippen molar-refractivity contribution >= 4 is 18.0 Å². The predicted octanol–water partition coefficient (Wildman–Crippen LogP) is 2.12. The molecule has 0 saturated carbocycles. The van der Waals surface area contributed by atoms with E-state index in [-0.39, 0.29) is 5.78 Å². The molecule has 0 aliphatic carbocycles. The molecule has 17 heavy (non-hydrogen) atoms. The minimum Gasteiger partial charge on any atom is -0.300 e.